The molecule has 16 heavy (non-hydrogen) atoms. The first-order valence-corrected chi connectivity index (χ1v) is 5.21. The summed E-state index contributed by atoms with van der Waals surface area (Å²) in [5.41, 5.74) is -1.71. The smallest absolute Gasteiger partial charge is 0.329 e. The normalized spacial score (nSPS) is 24.9. The number of ether oxygens (including phenoxy) is 1. The zero-order chi connectivity index (χ0) is 11.9. The van der Waals surface area contributed by atoms with Crippen molar-refractivity contribution in [3.05, 3.63) is 31.8 Å². The lowest BCUT2D eigenvalue weighted by Crippen LogP contribution is -2.41. The molecule has 0 saturated carbocycles. The van der Waals surface area contributed by atoms with Gasteiger partial charge in [-0.15, -0.1) is 0 Å². The van der Waals surface area contributed by atoms with Crippen LogP contribution in [0.1, 0.15) is 19.4 Å². The molecule has 0 aliphatic carbocycles. The fourth-order valence-corrected chi connectivity index (χ4v) is 2.02. The Labute approximate surface area is 94.8 Å². The molecule has 1 saturated heterocycles. The average Bonchev–Trinajstić information content (AvgIpc) is 2.62. The van der Waals surface area contributed by atoms with Gasteiger partial charge in [-0.2, -0.15) is 4.39 Å². The first kappa shape index (κ1) is 11.3. The Morgan fingerprint density at radius 2 is 2.25 bits per heavy atom. The van der Waals surface area contributed by atoms with Crippen molar-refractivity contribution in [2.45, 2.75) is 25.5 Å². The van der Waals surface area contributed by atoms with Gasteiger partial charge in [0.2, 0.25) is 5.82 Å². The van der Waals surface area contributed by atoms with E-state index in [4.69, 9.17) is 16.3 Å². The van der Waals surface area contributed by atoms with Gasteiger partial charge in [-0.1, -0.05) is 11.6 Å². The maximum absolute atomic E-state index is 13.3. The van der Waals surface area contributed by atoms with E-state index in [0.717, 1.165) is 4.57 Å². The third-order valence-electron chi connectivity index (χ3n) is 2.70. The Hall–Kier alpha value is -1.14. The number of H-pyrrole nitrogens is 1. The molecule has 0 spiro atoms. The highest BCUT2D eigenvalue weighted by Crippen LogP contribution is 2.23. The molecule has 2 rings (SSSR count). The van der Waals surface area contributed by atoms with Crippen LogP contribution in [0.3, 0.4) is 0 Å². The fraction of sp³-hybridized carbons (Fsp3) is 0.556. The van der Waals surface area contributed by atoms with Crippen LogP contribution in [0.25, 0.3) is 0 Å². The Morgan fingerprint density at radius 1 is 1.56 bits per heavy atom. The number of aromatic amines is 1. The molecule has 0 radical (unpaired) electrons. The maximum Gasteiger partial charge on any atom is 0.329 e. The highest BCUT2D eigenvalue weighted by Gasteiger charge is 2.29. The zero-order valence-corrected chi connectivity index (χ0v) is 9.25. The number of hydrogen-bond donors (Lipinski definition) is 1. The summed E-state index contributed by atoms with van der Waals surface area (Å²) in [6.45, 7) is 2.18. The van der Waals surface area contributed by atoms with Crippen molar-refractivity contribution in [3.63, 3.8) is 0 Å². The van der Waals surface area contributed by atoms with Crippen molar-refractivity contribution < 1.29 is 9.13 Å². The summed E-state index contributed by atoms with van der Waals surface area (Å²) in [4.78, 5) is 25.2. The summed E-state index contributed by atoms with van der Waals surface area (Å²) in [7, 11) is 0. The van der Waals surface area contributed by atoms with Gasteiger partial charge in [0.1, 0.15) is 0 Å². The molecule has 0 bridgehead atoms. The van der Waals surface area contributed by atoms with Crippen molar-refractivity contribution >= 4 is 11.6 Å². The van der Waals surface area contributed by atoms with Crippen LogP contribution in [0, 0.1) is 5.82 Å². The molecule has 7 heteroatoms. The van der Waals surface area contributed by atoms with Gasteiger partial charge >= 0.3 is 5.69 Å². The van der Waals surface area contributed by atoms with Crippen LogP contribution in [0.5, 0.6) is 0 Å². The Balaban J connectivity index is 2.61. The van der Waals surface area contributed by atoms with Crippen molar-refractivity contribution in [2.24, 2.45) is 0 Å². The van der Waals surface area contributed by atoms with E-state index in [1.807, 2.05) is 0 Å². The molecule has 2 atom stereocenters. The molecule has 88 valence electrons. The van der Waals surface area contributed by atoms with Gasteiger partial charge in [-0.25, -0.2) is 4.79 Å². The SMILES string of the molecule is CC1OCCC1n1c(=O)[nH]c(Cl)c(F)c1=O. The van der Waals surface area contributed by atoms with Gasteiger partial charge in [0.25, 0.3) is 5.56 Å². The third-order valence-corrected chi connectivity index (χ3v) is 2.96. The third kappa shape index (κ3) is 1.68. The van der Waals surface area contributed by atoms with Crippen LogP contribution in [-0.4, -0.2) is 22.3 Å². The van der Waals surface area contributed by atoms with Crippen LogP contribution in [-0.2, 0) is 4.74 Å². The molecule has 5 nitrogen and oxygen atoms in total. The Kier molecular flexibility index (Phi) is 2.86. The number of nitrogens with zero attached hydrogens (tertiary/aromatic N) is 1. The van der Waals surface area contributed by atoms with Crippen LogP contribution in [0.2, 0.25) is 5.15 Å². The second-order valence-electron chi connectivity index (χ2n) is 3.67. The predicted octanol–water partition coefficient (Wildman–Crippen LogP) is 0.679. The molecular formula is C9H10ClFN2O3. The molecule has 1 N–H and O–H groups in total. The van der Waals surface area contributed by atoms with Crippen LogP contribution < -0.4 is 11.2 Å². The van der Waals surface area contributed by atoms with E-state index in [-0.39, 0.29) is 6.10 Å². The van der Waals surface area contributed by atoms with E-state index in [0.29, 0.717) is 13.0 Å². The maximum atomic E-state index is 13.3. The molecular weight excluding hydrogens is 239 g/mol. The van der Waals surface area contributed by atoms with Crippen molar-refractivity contribution in [3.8, 4) is 0 Å². The number of hydrogen-bond acceptors (Lipinski definition) is 3. The lowest BCUT2D eigenvalue weighted by Gasteiger charge is -2.15. The van der Waals surface area contributed by atoms with E-state index >= 15 is 0 Å². The highest BCUT2D eigenvalue weighted by atomic mass is 35.5. The predicted molar refractivity (Wildman–Crippen MR) is 55.4 cm³/mol. The molecule has 2 unspecified atom stereocenters. The molecule has 1 aliphatic rings. The van der Waals surface area contributed by atoms with Gasteiger partial charge in [-0.05, 0) is 13.3 Å². The van der Waals surface area contributed by atoms with Crippen molar-refractivity contribution in [1.29, 1.82) is 0 Å². The molecule has 0 amide bonds. The van der Waals surface area contributed by atoms with Gasteiger partial charge in [0, 0.05) is 6.61 Å². The summed E-state index contributed by atoms with van der Waals surface area (Å²) < 4.78 is 19.3. The number of aromatic nitrogens is 2. The zero-order valence-electron chi connectivity index (χ0n) is 8.50. The van der Waals surface area contributed by atoms with Gasteiger partial charge in [-0.3, -0.25) is 14.3 Å². The molecule has 0 aromatic carbocycles. The summed E-state index contributed by atoms with van der Waals surface area (Å²) in [5, 5.41) is -0.558. The van der Waals surface area contributed by atoms with E-state index in [2.05, 4.69) is 4.98 Å². The minimum absolute atomic E-state index is 0.292. The standard InChI is InChI=1S/C9H10ClFN2O3/c1-4-5(2-3-16-4)13-8(14)6(11)7(10)12-9(13)15/h4-5H,2-3H2,1H3,(H,12,15). The fourth-order valence-electron chi connectivity index (χ4n) is 1.86. The van der Waals surface area contributed by atoms with Crippen LogP contribution in [0.4, 0.5) is 4.39 Å². The first-order valence-electron chi connectivity index (χ1n) is 4.83. The molecule has 1 aromatic heterocycles. The molecule has 2 heterocycles. The molecule has 1 aromatic rings. The van der Waals surface area contributed by atoms with Gasteiger partial charge in [0.05, 0.1) is 12.1 Å². The van der Waals surface area contributed by atoms with E-state index < -0.39 is 28.3 Å². The monoisotopic (exact) mass is 248 g/mol. The van der Waals surface area contributed by atoms with E-state index in [1.165, 1.54) is 0 Å². The quantitative estimate of drug-likeness (QED) is 0.744. The molecule has 1 aliphatic heterocycles. The summed E-state index contributed by atoms with van der Waals surface area (Å²) in [6, 6.07) is -0.442. The minimum Gasteiger partial charge on any atom is -0.376 e. The van der Waals surface area contributed by atoms with E-state index in [1.54, 1.807) is 6.92 Å². The van der Waals surface area contributed by atoms with Gasteiger partial charge in [0.15, 0.2) is 5.15 Å². The second kappa shape index (κ2) is 4.03. The average molecular weight is 249 g/mol. The topological polar surface area (TPSA) is 64.1 Å². The first-order chi connectivity index (χ1) is 7.52. The highest BCUT2D eigenvalue weighted by molar-refractivity contribution is 6.29. The lowest BCUT2D eigenvalue weighted by molar-refractivity contribution is 0.105. The van der Waals surface area contributed by atoms with Gasteiger partial charge < -0.3 is 4.74 Å². The summed E-state index contributed by atoms with van der Waals surface area (Å²) in [5.74, 6) is -1.14. The Bertz CT molecular complexity index is 524. The summed E-state index contributed by atoms with van der Waals surface area (Å²) in [6.07, 6.45) is 0.213. The largest absolute Gasteiger partial charge is 0.376 e. The number of nitrogens with one attached hydrogen (secondary N) is 1. The lowest BCUT2D eigenvalue weighted by atomic mass is 10.1. The van der Waals surface area contributed by atoms with Crippen LogP contribution >= 0.6 is 11.6 Å². The Morgan fingerprint density at radius 3 is 2.81 bits per heavy atom. The van der Waals surface area contributed by atoms with Crippen LogP contribution in [0.15, 0.2) is 9.59 Å². The van der Waals surface area contributed by atoms with Crippen molar-refractivity contribution in [2.75, 3.05) is 6.61 Å². The number of halogens is 2. The molecule has 1 fully saturated rings. The second-order valence-corrected chi connectivity index (χ2v) is 4.04. The van der Waals surface area contributed by atoms with E-state index in [9.17, 15) is 14.0 Å². The van der Waals surface area contributed by atoms with Crippen molar-refractivity contribution in [1.82, 2.24) is 9.55 Å². The summed E-state index contributed by atoms with van der Waals surface area (Å²) >= 11 is 5.36. The number of rotatable bonds is 1. The minimum atomic E-state index is -1.14.